The highest BCUT2D eigenvalue weighted by Crippen LogP contribution is 2.53. The van der Waals surface area contributed by atoms with Crippen molar-refractivity contribution in [2.45, 2.75) is 96.7 Å². The molecule has 2 heterocycles. The van der Waals surface area contributed by atoms with Gasteiger partial charge >= 0.3 is 0 Å². The first-order valence-corrected chi connectivity index (χ1v) is 16.1. The highest BCUT2D eigenvalue weighted by atomic mass is 16.3. The van der Waals surface area contributed by atoms with Crippen molar-refractivity contribution in [2.24, 2.45) is 11.8 Å². The summed E-state index contributed by atoms with van der Waals surface area (Å²) in [5, 5.41) is 41.6. The Bertz CT molecular complexity index is 1530. The Morgan fingerprint density at radius 1 is 1.31 bits per heavy atom. The SMILES string of the molecule is CC/C(C)=C\C1=C(C)C(CCNCC(=O)N2C(C#N)CC3C2[C@H]3C)(c2nn[nH]n2)c2ccc(C(=O)NCC(C)(C)O)cc2CC1. The molecule has 5 rings (SSSR count). The standard InChI is InChI=1S/C34H46N8O3/c1-7-20(2)14-23-8-9-24-15-25(31(44)37-19-33(5,6)45)10-11-28(24)34(22(23)4,32-38-40-41-39-32)12-13-36-18-29(43)42-26(17-35)16-27-21(3)30(27)42/h10-11,14-15,21,26-27,30,36,45H,7-9,12-13,16,18-19H2,1-6H3,(H,37,44)(H,38,39,40,41)/b20-14-/t21-,26?,27?,30?,34?/m0/s1. The molecule has 2 amide bonds. The number of aromatic nitrogens is 4. The lowest BCUT2D eigenvalue weighted by Gasteiger charge is -2.34. The third-order valence-corrected chi connectivity index (χ3v) is 10.1. The monoisotopic (exact) mass is 614 g/mol. The molecule has 2 fully saturated rings. The molecule has 0 spiro atoms. The molecule has 3 aliphatic rings. The van der Waals surface area contributed by atoms with E-state index in [-0.39, 0.29) is 37.0 Å². The lowest BCUT2D eigenvalue weighted by molar-refractivity contribution is -0.131. The van der Waals surface area contributed by atoms with Gasteiger partial charge in [0.25, 0.3) is 5.91 Å². The third-order valence-electron chi connectivity index (χ3n) is 10.1. The number of tetrazole rings is 1. The molecule has 1 aromatic heterocycles. The van der Waals surface area contributed by atoms with Crippen LogP contribution in [0.5, 0.6) is 0 Å². The van der Waals surface area contributed by atoms with Crippen molar-refractivity contribution in [3.63, 3.8) is 0 Å². The number of fused-ring (bicyclic) bond motifs is 2. The van der Waals surface area contributed by atoms with Gasteiger partial charge < -0.3 is 20.6 Å². The van der Waals surface area contributed by atoms with Crippen LogP contribution in [-0.4, -0.2) is 79.8 Å². The second kappa shape index (κ2) is 12.9. The highest BCUT2D eigenvalue weighted by Gasteiger charge is 2.60. The van der Waals surface area contributed by atoms with Gasteiger partial charge in [-0.15, -0.1) is 10.2 Å². The Hall–Kier alpha value is -3.88. The molecular weight excluding hydrogens is 568 g/mol. The maximum absolute atomic E-state index is 13.3. The predicted octanol–water partition coefficient (Wildman–Crippen LogP) is 3.34. The van der Waals surface area contributed by atoms with E-state index in [0.717, 1.165) is 42.4 Å². The van der Waals surface area contributed by atoms with Crippen LogP contribution in [0.2, 0.25) is 0 Å². The molecule has 2 aliphatic carbocycles. The van der Waals surface area contributed by atoms with Crippen LogP contribution in [0.4, 0.5) is 0 Å². The van der Waals surface area contributed by atoms with Crippen LogP contribution in [0.1, 0.15) is 94.5 Å². The minimum atomic E-state index is -1.02. The first-order chi connectivity index (χ1) is 21.4. The average Bonchev–Trinajstić information content (AvgIpc) is 3.38. The molecule has 11 nitrogen and oxygen atoms in total. The molecule has 1 saturated heterocycles. The van der Waals surface area contributed by atoms with Gasteiger partial charge in [0.1, 0.15) is 6.04 Å². The summed E-state index contributed by atoms with van der Waals surface area (Å²) in [5.74, 6) is 1.15. The Morgan fingerprint density at radius 3 is 2.76 bits per heavy atom. The number of rotatable bonds is 11. The van der Waals surface area contributed by atoms with Crippen molar-refractivity contribution in [3.8, 4) is 6.07 Å². The van der Waals surface area contributed by atoms with E-state index < -0.39 is 11.0 Å². The summed E-state index contributed by atoms with van der Waals surface area (Å²) in [4.78, 5) is 28.2. The smallest absolute Gasteiger partial charge is 0.251 e. The van der Waals surface area contributed by atoms with Crippen molar-refractivity contribution in [2.75, 3.05) is 19.6 Å². The Labute approximate surface area is 265 Å². The van der Waals surface area contributed by atoms with Crippen LogP contribution in [0.25, 0.3) is 0 Å². The summed E-state index contributed by atoms with van der Waals surface area (Å²) >= 11 is 0. The normalized spacial score (nSPS) is 26.2. The zero-order valence-corrected chi connectivity index (χ0v) is 27.3. The number of carbonyl (C=O) groups is 2. The van der Waals surface area contributed by atoms with Gasteiger partial charge in [0.2, 0.25) is 5.91 Å². The van der Waals surface area contributed by atoms with Crippen LogP contribution < -0.4 is 10.6 Å². The highest BCUT2D eigenvalue weighted by molar-refractivity contribution is 5.94. The molecule has 4 N–H and O–H groups in total. The molecule has 45 heavy (non-hydrogen) atoms. The van der Waals surface area contributed by atoms with E-state index in [1.54, 1.807) is 18.7 Å². The summed E-state index contributed by atoms with van der Waals surface area (Å²) in [6, 6.07) is 7.90. The number of aliphatic hydroxyl groups is 1. The van der Waals surface area contributed by atoms with Gasteiger partial charge in [0, 0.05) is 18.2 Å². The average molecular weight is 615 g/mol. The number of nitrogens with one attached hydrogen (secondary N) is 3. The van der Waals surface area contributed by atoms with E-state index in [2.05, 4.69) is 71.1 Å². The molecule has 4 unspecified atom stereocenters. The van der Waals surface area contributed by atoms with E-state index >= 15 is 0 Å². The van der Waals surface area contributed by atoms with E-state index in [4.69, 9.17) is 0 Å². The first kappa shape index (κ1) is 32.5. The fraction of sp³-hybridized carbons (Fsp3) is 0.588. The fourth-order valence-corrected chi connectivity index (χ4v) is 7.27. The lowest BCUT2D eigenvalue weighted by atomic mass is 9.69. The molecule has 1 aliphatic heterocycles. The molecular formula is C34H46N8O3. The topological polar surface area (TPSA) is 160 Å². The fourth-order valence-electron chi connectivity index (χ4n) is 7.27. The van der Waals surface area contributed by atoms with Gasteiger partial charge in [-0.3, -0.25) is 9.59 Å². The molecule has 2 aromatic rings. The van der Waals surface area contributed by atoms with Crippen molar-refractivity contribution < 1.29 is 14.7 Å². The quantitative estimate of drug-likeness (QED) is 0.281. The van der Waals surface area contributed by atoms with Crippen LogP contribution >= 0.6 is 0 Å². The van der Waals surface area contributed by atoms with Gasteiger partial charge in [-0.2, -0.15) is 10.5 Å². The molecule has 5 atom stereocenters. The number of piperidine rings is 1. The van der Waals surface area contributed by atoms with Crippen molar-refractivity contribution in [1.29, 1.82) is 5.26 Å². The van der Waals surface area contributed by atoms with Crippen LogP contribution in [0, 0.1) is 23.2 Å². The van der Waals surface area contributed by atoms with Gasteiger partial charge in [0.15, 0.2) is 5.82 Å². The molecule has 11 heteroatoms. The maximum atomic E-state index is 13.3. The predicted molar refractivity (Wildman–Crippen MR) is 170 cm³/mol. The van der Waals surface area contributed by atoms with E-state index in [1.165, 1.54) is 11.1 Å². The van der Waals surface area contributed by atoms with Gasteiger partial charge in [-0.05, 0) is 107 Å². The summed E-state index contributed by atoms with van der Waals surface area (Å²) in [5.41, 5.74) is 4.33. The number of likely N-dealkylation sites (tertiary alicyclic amines) is 1. The number of amides is 2. The van der Waals surface area contributed by atoms with Crippen LogP contribution in [0.3, 0.4) is 0 Å². The number of hydrogen-bond donors (Lipinski definition) is 4. The Kier molecular flexibility index (Phi) is 9.28. The number of nitriles is 1. The molecule has 0 bridgehead atoms. The zero-order chi connectivity index (χ0) is 32.5. The minimum Gasteiger partial charge on any atom is -0.389 e. The second-order valence-corrected chi connectivity index (χ2v) is 13.6. The van der Waals surface area contributed by atoms with E-state index in [9.17, 15) is 20.0 Å². The summed E-state index contributed by atoms with van der Waals surface area (Å²) in [6.45, 7) is 12.6. The summed E-state index contributed by atoms with van der Waals surface area (Å²) in [7, 11) is 0. The second-order valence-electron chi connectivity index (χ2n) is 13.6. The number of carbonyl (C=O) groups excluding carboxylic acids is 2. The lowest BCUT2D eigenvalue weighted by Crippen LogP contribution is -2.44. The third kappa shape index (κ3) is 6.44. The van der Waals surface area contributed by atoms with Gasteiger partial charge in [-0.25, -0.2) is 0 Å². The molecule has 240 valence electrons. The molecule has 1 aromatic carbocycles. The maximum Gasteiger partial charge on any atom is 0.251 e. The Balaban J connectivity index is 1.47. The number of benzene rings is 1. The number of nitrogens with zero attached hydrogens (tertiary/aromatic N) is 5. The van der Waals surface area contributed by atoms with Crippen molar-refractivity contribution >= 4 is 11.8 Å². The minimum absolute atomic E-state index is 0.0376. The number of hydrogen-bond acceptors (Lipinski definition) is 8. The summed E-state index contributed by atoms with van der Waals surface area (Å²) in [6.07, 6.45) is 6.00. The molecule has 0 radical (unpaired) electrons. The van der Waals surface area contributed by atoms with Gasteiger partial charge in [-0.1, -0.05) is 42.3 Å². The first-order valence-electron chi connectivity index (χ1n) is 16.1. The Morgan fingerprint density at radius 2 is 2.09 bits per heavy atom. The molecule has 1 saturated carbocycles. The zero-order valence-electron chi connectivity index (χ0n) is 27.3. The van der Waals surface area contributed by atoms with E-state index in [1.807, 2.05) is 18.2 Å². The van der Waals surface area contributed by atoms with Gasteiger partial charge in [0.05, 0.1) is 23.6 Å². The van der Waals surface area contributed by atoms with Crippen molar-refractivity contribution in [1.82, 2.24) is 36.2 Å². The number of allylic oxidation sites excluding steroid dienone is 4. The van der Waals surface area contributed by atoms with Crippen molar-refractivity contribution in [3.05, 3.63) is 63.5 Å². The van der Waals surface area contributed by atoms with E-state index in [0.29, 0.717) is 36.2 Å². The summed E-state index contributed by atoms with van der Waals surface area (Å²) < 4.78 is 0. The number of aryl methyl sites for hydroxylation is 1. The number of aromatic amines is 1. The van der Waals surface area contributed by atoms with Crippen LogP contribution in [-0.2, 0) is 16.6 Å². The van der Waals surface area contributed by atoms with Crippen LogP contribution in [0.15, 0.2) is 41.0 Å². The largest absolute Gasteiger partial charge is 0.389 e. The number of H-pyrrole nitrogens is 1.